The van der Waals surface area contributed by atoms with Gasteiger partial charge in [0.25, 0.3) is 0 Å². The number of piperidine rings is 1. The molecule has 0 bridgehead atoms. The molecule has 0 saturated carbocycles. The Labute approximate surface area is 181 Å². The fraction of sp³-hybridized carbons (Fsp3) is 0.409. The number of fused-ring (bicyclic) bond motifs is 3. The standard InChI is InChI=1S/C22H24ClNO5S/c1-22(2,3)29-21(25)24-10-9-17-18-12-16(7-8-19(18)28-20(17)13-24)30(26,27)15-6-4-5-14(23)11-15/h4-8,11-12,17,20H,9-10,13H2,1-3H3. The van der Waals surface area contributed by atoms with E-state index in [-0.39, 0.29) is 27.9 Å². The zero-order valence-electron chi connectivity index (χ0n) is 17.1. The summed E-state index contributed by atoms with van der Waals surface area (Å²) >= 11 is 5.98. The van der Waals surface area contributed by atoms with Crippen LogP contribution in [0, 0.1) is 0 Å². The van der Waals surface area contributed by atoms with Crippen LogP contribution < -0.4 is 4.74 Å². The Kier molecular flexibility index (Phi) is 5.22. The van der Waals surface area contributed by atoms with Gasteiger partial charge in [-0.25, -0.2) is 13.2 Å². The Balaban J connectivity index is 1.56. The Morgan fingerprint density at radius 1 is 1.17 bits per heavy atom. The van der Waals surface area contributed by atoms with Gasteiger partial charge in [0.05, 0.1) is 16.3 Å². The summed E-state index contributed by atoms with van der Waals surface area (Å²) in [5.74, 6) is 0.703. The average molecular weight is 450 g/mol. The number of amides is 1. The van der Waals surface area contributed by atoms with Crippen molar-refractivity contribution < 1.29 is 22.7 Å². The number of carbonyl (C=O) groups is 1. The number of nitrogens with zero attached hydrogens (tertiary/aromatic N) is 1. The van der Waals surface area contributed by atoms with Crippen LogP contribution in [0.5, 0.6) is 5.75 Å². The van der Waals surface area contributed by atoms with Crippen molar-refractivity contribution in [3.63, 3.8) is 0 Å². The summed E-state index contributed by atoms with van der Waals surface area (Å²) in [5.41, 5.74) is 0.309. The van der Waals surface area contributed by atoms with Gasteiger partial charge in [-0.3, -0.25) is 0 Å². The highest BCUT2D eigenvalue weighted by molar-refractivity contribution is 7.91. The quantitative estimate of drug-likeness (QED) is 0.666. The van der Waals surface area contributed by atoms with E-state index in [1.807, 2.05) is 20.8 Å². The van der Waals surface area contributed by atoms with E-state index in [1.54, 1.807) is 35.2 Å². The van der Waals surface area contributed by atoms with Gasteiger partial charge in [-0.1, -0.05) is 17.7 Å². The molecule has 6 nitrogen and oxygen atoms in total. The van der Waals surface area contributed by atoms with Crippen molar-refractivity contribution in [1.82, 2.24) is 4.90 Å². The molecule has 2 unspecified atom stereocenters. The third-order valence-electron chi connectivity index (χ3n) is 5.29. The summed E-state index contributed by atoms with van der Waals surface area (Å²) in [4.78, 5) is 14.4. The molecule has 0 aromatic heterocycles. The fourth-order valence-corrected chi connectivity index (χ4v) is 5.50. The van der Waals surface area contributed by atoms with Crippen LogP contribution in [-0.4, -0.2) is 44.2 Å². The van der Waals surface area contributed by atoms with Gasteiger partial charge in [0.1, 0.15) is 17.5 Å². The summed E-state index contributed by atoms with van der Waals surface area (Å²) in [5, 5.41) is 0.371. The second-order valence-electron chi connectivity index (χ2n) is 8.64. The summed E-state index contributed by atoms with van der Waals surface area (Å²) < 4.78 is 37.6. The van der Waals surface area contributed by atoms with Crippen molar-refractivity contribution in [2.45, 2.75) is 54.6 Å². The van der Waals surface area contributed by atoms with E-state index in [0.717, 1.165) is 5.56 Å². The molecule has 0 aliphatic carbocycles. The number of sulfone groups is 1. The molecule has 0 spiro atoms. The van der Waals surface area contributed by atoms with Gasteiger partial charge < -0.3 is 14.4 Å². The largest absolute Gasteiger partial charge is 0.488 e. The molecule has 2 heterocycles. The molecule has 160 valence electrons. The Hall–Kier alpha value is -2.25. The highest BCUT2D eigenvalue weighted by atomic mass is 35.5. The van der Waals surface area contributed by atoms with Gasteiger partial charge in [0, 0.05) is 23.0 Å². The molecule has 2 atom stereocenters. The first kappa shape index (κ1) is 21.0. The first-order chi connectivity index (χ1) is 14.0. The van der Waals surface area contributed by atoms with Crippen molar-refractivity contribution in [2.75, 3.05) is 13.1 Å². The molecule has 1 saturated heterocycles. The summed E-state index contributed by atoms with van der Waals surface area (Å²) in [6, 6.07) is 11.2. The number of rotatable bonds is 2. The maximum atomic E-state index is 13.1. The van der Waals surface area contributed by atoms with E-state index >= 15 is 0 Å². The zero-order chi connectivity index (χ0) is 21.7. The normalized spacial score (nSPS) is 20.9. The molecule has 30 heavy (non-hydrogen) atoms. The molecule has 1 fully saturated rings. The van der Waals surface area contributed by atoms with Gasteiger partial charge in [-0.2, -0.15) is 0 Å². The molecule has 4 rings (SSSR count). The third-order valence-corrected chi connectivity index (χ3v) is 7.27. The average Bonchev–Trinajstić information content (AvgIpc) is 3.03. The maximum absolute atomic E-state index is 13.1. The Bertz CT molecular complexity index is 1090. The molecule has 0 radical (unpaired) electrons. The molecular formula is C22H24ClNO5S. The molecule has 2 aliphatic heterocycles. The topological polar surface area (TPSA) is 72.9 Å². The zero-order valence-corrected chi connectivity index (χ0v) is 18.7. The van der Waals surface area contributed by atoms with Gasteiger partial charge in [-0.05, 0) is 63.6 Å². The van der Waals surface area contributed by atoms with E-state index in [0.29, 0.717) is 30.3 Å². The van der Waals surface area contributed by atoms with Gasteiger partial charge >= 0.3 is 6.09 Å². The summed E-state index contributed by atoms with van der Waals surface area (Å²) in [6.07, 6.45) is 0.104. The lowest BCUT2D eigenvalue weighted by atomic mass is 9.89. The van der Waals surface area contributed by atoms with Crippen molar-refractivity contribution in [3.05, 3.63) is 53.1 Å². The predicted octanol–water partition coefficient (Wildman–Crippen LogP) is 4.66. The minimum absolute atomic E-state index is 0.0354. The van der Waals surface area contributed by atoms with Gasteiger partial charge in [0.15, 0.2) is 0 Å². The predicted molar refractivity (Wildman–Crippen MR) is 113 cm³/mol. The molecule has 8 heteroatoms. The van der Waals surface area contributed by atoms with Crippen LogP contribution in [-0.2, 0) is 14.6 Å². The van der Waals surface area contributed by atoms with Crippen molar-refractivity contribution in [2.24, 2.45) is 0 Å². The van der Waals surface area contributed by atoms with Crippen LogP contribution in [0.2, 0.25) is 5.02 Å². The van der Waals surface area contributed by atoms with Crippen LogP contribution in [0.25, 0.3) is 0 Å². The van der Waals surface area contributed by atoms with Crippen LogP contribution >= 0.6 is 11.6 Å². The van der Waals surface area contributed by atoms with Crippen LogP contribution in [0.15, 0.2) is 52.3 Å². The lowest BCUT2D eigenvalue weighted by molar-refractivity contribution is 0.00789. The Morgan fingerprint density at radius 2 is 1.90 bits per heavy atom. The molecule has 0 N–H and O–H groups in total. The number of ether oxygens (including phenoxy) is 2. The lowest BCUT2D eigenvalue weighted by Gasteiger charge is -2.35. The molecule has 2 aromatic rings. The van der Waals surface area contributed by atoms with Crippen molar-refractivity contribution in [1.29, 1.82) is 0 Å². The Morgan fingerprint density at radius 3 is 2.60 bits per heavy atom. The number of likely N-dealkylation sites (tertiary alicyclic amines) is 1. The minimum Gasteiger partial charge on any atom is -0.488 e. The first-order valence-corrected chi connectivity index (χ1v) is 11.7. The fourth-order valence-electron chi connectivity index (χ4n) is 3.91. The summed E-state index contributed by atoms with van der Waals surface area (Å²) in [7, 11) is -3.69. The van der Waals surface area contributed by atoms with E-state index in [1.165, 1.54) is 12.1 Å². The first-order valence-electron chi connectivity index (χ1n) is 9.84. The number of carbonyl (C=O) groups excluding carboxylic acids is 1. The third kappa shape index (κ3) is 4.01. The van der Waals surface area contributed by atoms with Gasteiger partial charge in [-0.15, -0.1) is 0 Å². The highest BCUT2D eigenvalue weighted by Crippen LogP contribution is 2.44. The van der Waals surface area contributed by atoms with Crippen LogP contribution in [0.4, 0.5) is 4.79 Å². The number of benzene rings is 2. The lowest BCUT2D eigenvalue weighted by Crippen LogP contribution is -2.47. The van der Waals surface area contributed by atoms with Crippen molar-refractivity contribution in [3.8, 4) is 5.75 Å². The van der Waals surface area contributed by atoms with E-state index in [4.69, 9.17) is 21.1 Å². The SMILES string of the molecule is CC(C)(C)OC(=O)N1CCC2c3cc(S(=O)(=O)c4cccc(Cl)c4)ccc3OC2C1. The second-order valence-corrected chi connectivity index (χ2v) is 11.0. The molecule has 2 aromatic carbocycles. The van der Waals surface area contributed by atoms with Crippen LogP contribution in [0.3, 0.4) is 0 Å². The van der Waals surface area contributed by atoms with E-state index in [9.17, 15) is 13.2 Å². The number of halogens is 1. The molecule has 1 amide bonds. The van der Waals surface area contributed by atoms with Crippen molar-refractivity contribution >= 4 is 27.5 Å². The van der Waals surface area contributed by atoms with Gasteiger partial charge in [0.2, 0.25) is 9.84 Å². The smallest absolute Gasteiger partial charge is 0.410 e. The minimum atomic E-state index is -3.69. The monoisotopic (exact) mass is 449 g/mol. The second kappa shape index (κ2) is 7.46. The summed E-state index contributed by atoms with van der Waals surface area (Å²) in [6.45, 7) is 6.44. The number of hydrogen-bond acceptors (Lipinski definition) is 5. The number of hydrogen-bond donors (Lipinski definition) is 0. The van der Waals surface area contributed by atoms with Crippen LogP contribution in [0.1, 0.15) is 38.7 Å². The highest BCUT2D eigenvalue weighted by Gasteiger charge is 2.41. The van der Waals surface area contributed by atoms with E-state index in [2.05, 4.69) is 0 Å². The maximum Gasteiger partial charge on any atom is 0.410 e. The van der Waals surface area contributed by atoms with E-state index < -0.39 is 15.4 Å². The molecular weight excluding hydrogens is 426 g/mol. The molecule has 2 aliphatic rings.